The summed E-state index contributed by atoms with van der Waals surface area (Å²) in [6.45, 7) is 6.88. The summed E-state index contributed by atoms with van der Waals surface area (Å²) in [5, 5.41) is 3.41. The van der Waals surface area contributed by atoms with E-state index in [1.807, 2.05) is 17.0 Å². The molecule has 5 nitrogen and oxygen atoms in total. The minimum atomic E-state index is 0.113. The molecule has 0 spiro atoms. The Balaban J connectivity index is 1.66. The van der Waals surface area contributed by atoms with Crippen molar-refractivity contribution in [2.45, 2.75) is 6.42 Å². The Hall–Kier alpha value is -1.59. The summed E-state index contributed by atoms with van der Waals surface area (Å²) < 4.78 is 5.29. The third-order valence-electron chi connectivity index (χ3n) is 4.12. The minimum Gasteiger partial charge on any atom is -0.378 e. The van der Waals surface area contributed by atoms with Gasteiger partial charge >= 0.3 is 0 Å². The first-order chi connectivity index (χ1) is 10.3. The van der Waals surface area contributed by atoms with Crippen LogP contribution in [0, 0.1) is 0 Å². The summed E-state index contributed by atoms with van der Waals surface area (Å²) in [6, 6.07) is 8.04. The first kappa shape index (κ1) is 14.4. The predicted octanol–water partition coefficient (Wildman–Crippen LogP) is 0.959. The van der Waals surface area contributed by atoms with Crippen LogP contribution >= 0.6 is 0 Å². The third kappa shape index (κ3) is 3.54. The average Bonchev–Trinajstić information content (AvgIpc) is 2.84. The number of nitrogens with one attached hydrogen (secondary N) is 1. The highest BCUT2D eigenvalue weighted by molar-refractivity contribution is 5.94. The van der Waals surface area contributed by atoms with Gasteiger partial charge in [0.1, 0.15) is 0 Å². The van der Waals surface area contributed by atoms with Crippen LogP contribution in [0.2, 0.25) is 0 Å². The second kappa shape index (κ2) is 6.91. The number of hydrogen-bond acceptors (Lipinski definition) is 4. The van der Waals surface area contributed by atoms with Gasteiger partial charge in [0.05, 0.1) is 13.2 Å². The molecule has 5 heteroatoms. The molecule has 2 aliphatic heterocycles. The summed E-state index contributed by atoms with van der Waals surface area (Å²) in [4.78, 5) is 16.6. The fourth-order valence-corrected chi connectivity index (χ4v) is 2.87. The predicted molar refractivity (Wildman–Crippen MR) is 82.9 cm³/mol. The van der Waals surface area contributed by atoms with Crippen LogP contribution in [0.25, 0.3) is 0 Å². The zero-order valence-electron chi connectivity index (χ0n) is 12.4. The molecular formula is C16H23N3O2. The van der Waals surface area contributed by atoms with E-state index in [0.29, 0.717) is 26.3 Å². The number of benzene rings is 1. The van der Waals surface area contributed by atoms with Crippen molar-refractivity contribution in [3.63, 3.8) is 0 Å². The summed E-state index contributed by atoms with van der Waals surface area (Å²) in [7, 11) is 0. The molecule has 2 heterocycles. The number of nitrogens with zero attached hydrogens (tertiary/aromatic N) is 2. The fourth-order valence-electron chi connectivity index (χ4n) is 2.87. The third-order valence-corrected chi connectivity index (χ3v) is 4.12. The van der Waals surface area contributed by atoms with E-state index in [4.69, 9.17) is 4.74 Å². The number of hydrogen-bond donors (Lipinski definition) is 1. The molecule has 1 N–H and O–H groups in total. The smallest absolute Gasteiger partial charge is 0.254 e. The summed E-state index contributed by atoms with van der Waals surface area (Å²) in [5.41, 5.74) is 1.98. The lowest BCUT2D eigenvalue weighted by Crippen LogP contribution is -2.40. The van der Waals surface area contributed by atoms with Crippen LogP contribution in [0.15, 0.2) is 24.3 Å². The standard InChI is InChI=1S/C16H23N3O2/c20-16(19-10-12-21-13-11-19)14-2-4-15(5-3-14)18-8-1-6-17-7-9-18/h2-5,17H,1,6-13H2. The highest BCUT2D eigenvalue weighted by Crippen LogP contribution is 2.17. The zero-order valence-corrected chi connectivity index (χ0v) is 12.4. The van der Waals surface area contributed by atoms with Crippen LogP contribution in [0.5, 0.6) is 0 Å². The van der Waals surface area contributed by atoms with E-state index in [9.17, 15) is 4.79 Å². The van der Waals surface area contributed by atoms with Gasteiger partial charge < -0.3 is 19.9 Å². The Morgan fingerprint density at radius 3 is 2.52 bits per heavy atom. The van der Waals surface area contributed by atoms with Crippen LogP contribution in [0.4, 0.5) is 5.69 Å². The van der Waals surface area contributed by atoms with Crippen LogP contribution in [0.1, 0.15) is 16.8 Å². The molecule has 1 aromatic carbocycles. The SMILES string of the molecule is O=C(c1ccc(N2CCCNCC2)cc1)N1CCOCC1. The monoisotopic (exact) mass is 289 g/mol. The Kier molecular flexibility index (Phi) is 4.72. The van der Waals surface area contributed by atoms with Gasteiger partial charge in [0.2, 0.25) is 0 Å². The van der Waals surface area contributed by atoms with E-state index in [2.05, 4.69) is 22.3 Å². The number of ether oxygens (including phenoxy) is 1. The maximum Gasteiger partial charge on any atom is 0.254 e. The van der Waals surface area contributed by atoms with E-state index in [1.165, 1.54) is 5.69 Å². The van der Waals surface area contributed by atoms with Gasteiger partial charge in [-0.2, -0.15) is 0 Å². The molecule has 0 aromatic heterocycles. The number of rotatable bonds is 2. The lowest BCUT2D eigenvalue weighted by atomic mass is 10.1. The zero-order chi connectivity index (χ0) is 14.5. The molecule has 0 bridgehead atoms. The Morgan fingerprint density at radius 1 is 1.00 bits per heavy atom. The molecule has 2 saturated heterocycles. The molecule has 3 rings (SSSR count). The molecule has 114 valence electrons. The first-order valence-electron chi connectivity index (χ1n) is 7.77. The number of anilines is 1. The van der Waals surface area contributed by atoms with Gasteiger partial charge in [0.25, 0.3) is 5.91 Å². The summed E-state index contributed by atoms with van der Waals surface area (Å²) in [6.07, 6.45) is 1.16. The number of amides is 1. The van der Waals surface area contributed by atoms with Crippen molar-refractivity contribution >= 4 is 11.6 Å². The molecule has 0 saturated carbocycles. The van der Waals surface area contributed by atoms with Gasteiger partial charge in [-0.05, 0) is 37.2 Å². The Morgan fingerprint density at radius 2 is 1.76 bits per heavy atom. The lowest BCUT2D eigenvalue weighted by molar-refractivity contribution is 0.0303. The van der Waals surface area contributed by atoms with Crippen LogP contribution in [0.3, 0.4) is 0 Å². The topological polar surface area (TPSA) is 44.8 Å². The highest BCUT2D eigenvalue weighted by Gasteiger charge is 2.18. The van der Waals surface area contributed by atoms with E-state index in [-0.39, 0.29) is 5.91 Å². The fraction of sp³-hybridized carbons (Fsp3) is 0.562. The van der Waals surface area contributed by atoms with Gasteiger partial charge in [-0.25, -0.2) is 0 Å². The van der Waals surface area contributed by atoms with Crippen molar-refractivity contribution in [2.75, 3.05) is 57.4 Å². The van der Waals surface area contributed by atoms with E-state index in [0.717, 1.165) is 38.2 Å². The van der Waals surface area contributed by atoms with E-state index >= 15 is 0 Å². The van der Waals surface area contributed by atoms with Crippen molar-refractivity contribution in [3.05, 3.63) is 29.8 Å². The van der Waals surface area contributed by atoms with Gasteiger partial charge in [-0.1, -0.05) is 0 Å². The van der Waals surface area contributed by atoms with E-state index < -0.39 is 0 Å². The Bertz CT molecular complexity index is 461. The van der Waals surface area contributed by atoms with E-state index in [1.54, 1.807) is 0 Å². The van der Waals surface area contributed by atoms with Gasteiger partial charge in [0, 0.05) is 44.0 Å². The molecule has 1 amide bonds. The van der Waals surface area contributed by atoms with Gasteiger partial charge in [-0.3, -0.25) is 4.79 Å². The number of morpholine rings is 1. The molecule has 0 unspecified atom stereocenters. The van der Waals surface area contributed by atoms with Gasteiger partial charge in [0.15, 0.2) is 0 Å². The molecule has 0 atom stereocenters. The lowest BCUT2D eigenvalue weighted by Gasteiger charge is -2.27. The summed E-state index contributed by atoms with van der Waals surface area (Å²) >= 11 is 0. The van der Waals surface area contributed by atoms with Crippen molar-refractivity contribution in [3.8, 4) is 0 Å². The second-order valence-corrected chi connectivity index (χ2v) is 5.54. The Labute approximate surface area is 125 Å². The normalized spacial score (nSPS) is 20.2. The van der Waals surface area contributed by atoms with Gasteiger partial charge in [-0.15, -0.1) is 0 Å². The first-order valence-corrected chi connectivity index (χ1v) is 7.77. The minimum absolute atomic E-state index is 0.113. The van der Waals surface area contributed by atoms with Crippen LogP contribution in [-0.4, -0.2) is 63.3 Å². The highest BCUT2D eigenvalue weighted by atomic mass is 16.5. The van der Waals surface area contributed by atoms with Crippen molar-refractivity contribution < 1.29 is 9.53 Å². The maximum atomic E-state index is 12.4. The molecule has 1 aromatic rings. The number of carbonyl (C=O) groups excluding carboxylic acids is 1. The van der Waals surface area contributed by atoms with Crippen molar-refractivity contribution in [1.82, 2.24) is 10.2 Å². The average molecular weight is 289 g/mol. The quantitative estimate of drug-likeness (QED) is 0.881. The largest absolute Gasteiger partial charge is 0.378 e. The molecule has 2 aliphatic rings. The second-order valence-electron chi connectivity index (χ2n) is 5.54. The van der Waals surface area contributed by atoms with Crippen LogP contribution < -0.4 is 10.2 Å². The molecule has 21 heavy (non-hydrogen) atoms. The van der Waals surface area contributed by atoms with Crippen molar-refractivity contribution in [2.24, 2.45) is 0 Å². The molecule has 0 aliphatic carbocycles. The maximum absolute atomic E-state index is 12.4. The molecule has 0 radical (unpaired) electrons. The number of carbonyl (C=O) groups is 1. The summed E-state index contributed by atoms with van der Waals surface area (Å²) in [5.74, 6) is 0.113. The van der Waals surface area contributed by atoms with Crippen LogP contribution in [-0.2, 0) is 4.74 Å². The molecular weight excluding hydrogens is 266 g/mol. The molecule has 2 fully saturated rings. The van der Waals surface area contributed by atoms with Crippen molar-refractivity contribution in [1.29, 1.82) is 0 Å².